The minimum Gasteiger partial charge on any atom is -0.395 e. The lowest BCUT2D eigenvalue weighted by Crippen LogP contribution is -2.17. The first-order valence-electron chi connectivity index (χ1n) is 6.77. The molecule has 0 unspecified atom stereocenters. The molecule has 0 fully saturated rings. The number of carbonyl (C=O) groups is 1. The average molecular weight is 288 g/mol. The molecule has 3 N–H and O–H groups in total. The second kappa shape index (κ2) is 6.41. The van der Waals surface area contributed by atoms with Crippen molar-refractivity contribution in [3.05, 3.63) is 41.2 Å². The Morgan fingerprint density at radius 1 is 1.48 bits per heavy atom. The summed E-state index contributed by atoms with van der Waals surface area (Å²) in [7, 11) is 3.35. The van der Waals surface area contributed by atoms with Crippen molar-refractivity contribution in [3.8, 4) is 0 Å². The largest absolute Gasteiger partial charge is 0.395 e. The molecular weight excluding hydrogens is 268 g/mol. The standard InChI is InChI=1S/C15H20N4O2/c1-4-12-13(16)14(19(2)18-12)15(20)17-11-7-5-6-10(8-11)9-21-3/h5-8H,4,9,16H2,1-3H3,(H,17,20). The van der Waals surface area contributed by atoms with Gasteiger partial charge in [0.2, 0.25) is 0 Å². The van der Waals surface area contributed by atoms with E-state index in [-0.39, 0.29) is 5.91 Å². The van der Waals surface area contributed by atoms with Crippen molar-refractivity contribution >= 4 is 17.3 Å². The number of nitrogens with one attached hydrogen (secondary N) is 1. The lowest BCUT2D eigenvalue weighted by atomic mass is 10.2. The van der Waals surface area contributed by atoms with Crippen LogP contribution in [0.25, 0.3) is 0 Å². The van der Waals surface area contributed by atoms with Crippen LogP contribution >= 0.6 is 0 Å². The number of aryl methyl sites for hydroxylation is 2. The number of amides is 1. The maximum Gasteiger partial charge on any atom is 0.276 e. The predicted octanol–water partition coefficient (Wildman–Crippen LogP) is 1.96. The molecule has 0 aliphatic rings. The molecule has 2 rings (SSSR count). The van der Waals surface area contributed by atoms with Gasteiger partial charge in [0.25, 0.3) is 5.91 Å². The first-order valence-corrected chi connectivity index (χ1v) is 6.77. The molecule has 112 valence electrons. The van der Waals surface area contributed by atoms with Gasteiger partial charge in [-0.25, -0.2) is 0 Å². The normalized spacial score (nSPS) is 10.6. The Balaban J connectivity index is 2.22. The molecular formula is C15H20N4O2. The van der Waals surface area contributed by atoms with Crippen molar-refractivity contribution in [1.82, 2.24) is 9.78 Å². The van der Waals surface area contributed by atoms with E-state index in [1.165, 1.54) is 4.68 Å². The number of hydrogen-bond donors (Lipinski definition) is 2. The fourth-order valence-corrected chi connectivity index (χ4v) is 2.22. The van der Waals surface area contributed by atoms with Crippen molar-refractivity contribution in [1.29, 1.82) is 0 Å². The second-order valence-electron chi connectivity index (χ2n) is 4.77. The summed E-state index contributed by atoms with van der Waals surface area (Å²) in [6.07, 6.45) is 0.691. The highest BCUT2D eigenvalue weighted by atomic mass is 16.5. The fourth-order valence-electron chi connectivity index (χ4n) is 2.22. The molecule has 0 radical (unpaired) electrons. The van der Waals surface area contributed by atoms with Crippen LogP contribution in [0, 0.1) is 0 Å². The van der Waals surface area contributed by atoms with E-state index in [2.05, 4.69) is 10.4 Å². The van der Waals surface area contributed by atoms with Gasteiger partial charge in [0.15, 0.2) is 0 Å². The number of nitrogen functional groups attached to an aromatic ring is 1. The van der Waals surface area contributed by atoms with Crippen molar-refractivity contribution in [2.24, 2.45) is 7.05 Å². The lowest BCUT2D eigenvalue weighted by Gasteiger charge is -2.08. The molecule has 1 aromatic heterocycles. The summed E-state index contributed by atoms with van der Waals surface area (Å²) in [4.78, 5) is 12.4. The Morgan fingerprint density at radius 3 is 2.86 bits per heavy atom. The summed E-state index contributed by atoms with van der Waals surface area (Å²) in [6.45, 7) is 2.45. The third-order valence-corrected chi connectivity index (χ3v) is 3.21. The van der Waals surface area contributed by atoms with Crippen LogP contribution in [0.1, 0.15) is 28.7 Å². The van der Waals surface area contributed by atoms with E-state index in [9.17, 15) is 4.79 Å². The van der Waals surface area contributed by atoms with E-state index in [4.69, 9.17) is 10.5 Å². The second-order valence-corrected chi connectivity index (χ2v) is 4.77. The highest BCUT2D eigenvalue weighted by Crippen LogP contribution is 2.19. The molecule has 21 heavy (non-hydrogen) atoms. The fraction of sp³-hybridized carbons (Fsp3) is 0.333. The van der Waals surface area contributed by atoms with Gasteiger partial charge < -0.3 is 15.8 Å². The molecule has 1 heterocycles. The van der Waals surface area contributed by atoms with Crippen molar-refractivity contribution in [3.63, 3.8) is 0 Å². The Bertz CT molecular complexity index is 649. The highest BCUT2D eigenvalue weighted by Gasteiger charge is 2.19. The lowest BCUT2D eigenvalue weighted by molar-refractivity contribution is 0.101. The van der Waals surface area contributed by atoms with Gasteiger partial charge >= 0.3 is 0 Å². The SMILES string of the molecule is CCc1nn(C)c(C(=O)Nc2cccc(COC)c2)c1N. The van der Waals surface area contributed by atoms with Crippen LogP contribution < -0.4 is 11.1 Å². The summed E-state index contributed by atoms with van der Waals surface area (Å²) in [5.74, 6) is -0.267. The number of ether oxygens (including phenoxy) is 1. The molecule has 1 amide bonds. The maximum atomic E-state index is 12.4. The molecule has 2 aromatic rings. The van der Waals surface area contributed by atoms with Gasteiger partial charge in [-0.15, -0.1) is 0 Å². The number of rotatable bonds is 5. The van der Waals surface area contributed by atoms with Gasteiger partial charge in [-0.1, -0.05) is 19.1 Å². The molecule has 0 atom stereocenters. The number of nitrogens with two attached hydrogens (primary N) is 1. The van der Waals surface area contributed by atoms with Gasteiger partial charge in [0.05, 0.1) is 18.0 Å². The number of hydrogen-bond acceptors (Lipinski definition) is 4. The number of benzene rings is 1. The molecule has 0 spiro atoms. The van der Waals surface area contributed by atoms with Crippen LogP contribution in [0.4, 0.5) is 11.4 Å². The van der Waals surface area contributed by atoms with E-state index in [0.717, 1.165) is 11.3 Å². The zero-order chi connectivity index (χ0) is 15.4. The van der Waals surface area contributed by atoms with Gasteiger partial charge in [-0.2, -0.15) is 5.10 Å². The maximum absolute atomic E-state index is 12.4. The third-order valence-electron chi connectivity index (χ3n) is 3.21. The van der Waals surface area contributed by atoms with Crippen LogP contribution in [-0.4, -0.2) is 22.8 Å². The summed E-state index contributed by atoms with van der Waals surface area (Å²) in [6, 6.07) is 7.50. The number of methoxy groups -OCH3 is 1. The van der Waals surface area contributed by atoms with Crippen LogP contribution in [0.5, 0.6) is 0 Å². The Kier molecular flexibility index (Phi) is 4.59. The minimum atomic E-state index is -0.267. The summed E-state index contributed by atoms with van der Waals surface area (Å²) >= 11 is 0. The van der Waals surface area contributed by atoms with Crippen LogP contribution in [0.15, 0.2) is 24.3 Å². The topological polar surface area (TPSA) is 82.2 Å². The molecule has 0 aliphatic heterocycles. The number of anilines is 2. The number of aromatic nitrogens is 2. The van der Waals surface area contributed by atoms with Crippen LogP contribution in [-0.2, 0) is 24.8 Å². The highest BCUT2D eigenvalue weighted by molar-refractivity contribution is 6.06. The summed E-state index contributed by atoms with van der Waals surface area (Å²) in [5, 5.41) is 7.09. The van der Waals surface area contributed by atoms with Crippen molar-refractivity contribution in [2.45, 2.75) is 20.0 Å². The van der Waals surface area contributed by atoms with E-state index in [1.54, 1.807) is 14.2 Å². The first kappa shape index (κ1) is 15.1. The van der Waals surface area contributed by atoms with E-state index >= 15 is 0 Å². The van der Waals surface area contributed by atoms with Crippen LogP contribution in [0.2, 0.25) is 0 Å². The predicted molar refractivity (Wildman–Crippen MR) is 82.1 cm³/mol. The molecule has 0 bridgehead atoms. The molecule has 0 saturated carbocycles. The van der Waals surface area contributed by atoms with Gasteiger partial charge in [-0.3, -0.25) is 9.48 Å². The molecule has 6 heteroatoms. The third kappa shape index (κ3) is 3.22. The summed E-state index contributed by atoms with van der Waals surface area (Å²) < 4.78 is 6.60. The smallest absolute Gasteiger partial charge is 0.276 e. The zero-order valence-electron chi connectivity index (χ0n) is 12.5. The Labute approximate surface area is 123 Å². The van der Waals surface area contributed by atoms with Crippen molar-refractivity contribution in [2.75, 3.05) is 18.2 Å². The summed E-state index contributed by atoms with van der Waals surface area (Å²) in [5.41, 5.74) is 9.22. The average Bonchev–Trinajstić information content (AvgIpc) is 2.74. The zero-order valence-corrected chi connectivity index (χ0v) is 12.5. The molecule has 0 aliphatic carbocycles. The molecule has 1 aromatic carbocycles. The first-order chi connectivity index (χ1) is 10.1. The quantitative estimate of drug-likeness (QED) is 0.881. The Hall–Kier alpha value is -2.34. The molecule has 0 saturated heterocycles. The van der Waals surface area contributed by atoms with Gasteiger partial charge in [-0.05, 0) is 24.1 Å². The minimum absolute atomic E-state index is 0.267. The number of nitrogens with zero attached hydrogens (tertiary/aromatic N) is 2. The van der Waals surface area contributed by atoms with Crippen molar-refractivity contribution < 1.29 is 9.53 Å². The van der Waals surface area contributed by atoms with Crippen LogP contribution in [0.3, 0.4) is 0 Å². The van der Waals surface area contributed by atoms with Gasteiger partial charge in [0.1, 0.15) is 5.69 Å². The number of carbonyl (C=O) groups excluding carboxylic acids is 1. The molecule has 6 nitrogen and oxygen atoms in total. The monoisotopic (exact) mass is 288 g/mol. The van der Waals surface area contributed by atoms with E-state index in [0.29, 0.717) is 30.1 Å². The van der Waals surface area contributed by atoms with Gasteiger partial charge in [0, 0.05) is 19.8 Å². The Morgan fingerprint density at radius 2 is 2.24 bits per heavy atom. The van der Waals surface area contributed by atoms with E-state index < -0.39 is 0 Å². The van der Waals surface area contributed by atoms with E-state index in [1.807, 2.05) is 31.2 Å².